The monoisotopic (exact) mass is 607 g/mol. The first kappa shape index (κ1) is 31.6. The maximum absolute atomic E-state index is 14.0. The van der Waals surface area contributed by atoms with E-state index in [9.17, 15) is 18.0 Å². The van der Waals surface area contributed by atoms with Gasteiger partial charge in [-0.3, -0.25) is 13.9 Å². The summed E-state index contributed by atoms with van der Waals surface area (Å²) in [4.78, 5) is 28.8. The Bertz CT molecular complexity index is 1340. The molecule has 2 aromatic rings. The van der Waals surface area contributed by atoms with Crippen molar-refractivity contribution in [3.8, 4) is 0 Å². The summed E-state index contributed by atoms with van der Waals surface area (Å²) in [6, 6.07) is 17.1. The number of sulfonamides is 1. The molecule has 8 heteroatoms. The zero-order valence-electron chi connectivity index (χ0n) is 26.3. The molecule has 4 bridgehead atoms. The van der Waals surface area contributed by atoms with Crippen LogP contribution in [0.4, 0.5) is 5.69 Å². The first-order chi connectivity index (χ1) is 20.5. The highest BCUT2D eigenvalue weighted by Crippen LogP contribution is 2.60. The van der Waals surface area contributed by atoms with Crippen LogP contribution in [0, 0.1) is 23.7 Å². The van der Waals surface area contributed by atoms with Gasteiger partial charge in [-0.05, 0) is 104 Å². The Balaban J connectivity index is 1.37. The van der Waals surface area contributed by atoms with Gasteiger partial charge in [-0.25, -0.2) is 8.42 Å². The molecule has 6 rings (SSSR count). The fourth-order valence-corrected chi connectivity index (χ4v) is 9.23. The van der Waals surface area contributed by atoms with Crippen molar-refractivity contribution < 1.29 is 18.0 Å². The zero-order valence-corrected chi connectivity index (χ0v) is 27.1. The molecule has 4 fully saturated rings. The molecular formula is C35H49N3O4S. The lowest BCUT2D eigenvalue weighted by Crippen LogP contribution is -2.53. The van der Waals surface area contributed by atoms with E-state index in [1.165, 1.54) is 48.4 Å². The summed E-state index contributed by atoms with van der Waals surface area (Å²) in [6.45, 7) is 6.43. The van der Waals surface area contributed by atoms with Crippen LogP contribution in [0.1, 0.15) is 76.8 Å². The number of nitrogens with zero attached hydrogens (tertiary/aromatic N) is 2. The van der Waals surface area contributed by atoms with Crippen molar-refractivity contribution in [2.45, 2.75) is 83.6 Å². The van der Waals surface area contributed by atoms with Gasteiger partial charge in [0.25, 0.3) is 0 Å². The molecule has 1 N–H and O–H groups in total. The van der Waals surface area contributed by atoms with Gasteiger partial charge in [0.2, 0.25) is 21.8 Å². The van der Waals surface area contributed by atoms with Crippen LogP contribution in [-0.4, -0.2) is 57.1 Å². The smallest absolute Gasteiger partial charge is 0.244 e. The van der Waals surface area contributed by atoms with Crippen LogP contribution in [0.3, 0.4) is 0 Å². The van der Waals surface area contributed by atoms with Gasteiger partial charge in [-0.15, -0.1) is 0 Å². The van der Waals surface area contributed by atoms with Crippen molar-refractivity contribution in [2.75, 3.05) is 30.2 Å². The van der Waals surface area contributed by atoms with Crippen LogP contribution in [0.2, 0.25) is 0 Å². The fraction of sp³-hybridized carbons (Fsp3) is 0.600. The van der Waals surface area contributed by atoms with Gasteiger partial charge in [0.15, 0.2) is 0 Å². The molecule has 0 aromatic heterocycles. The number of hydrogen-bond donors (Lipinski definition) is 1. The van der Waals surface area contributed by atoms with E-state index in [0.717, 1.165) is 29.6 Å². The first-order valence-electron chi connectivity index (χ1n) is 16.2. The van der Waals surface area contributed by atoms with Gasteiger partial charge >= 0.3 is 0 Å². The number of carbonyl (C=O) groups is 2. The maximum atomic E-state index is 14.0. The van der Waals surface area contributed by atoms with Crippen LogP contribution in [0.15, 0.2) is 54.6 Å². The average Bonchev–Trinajstić information content (AvgIpc) is 2.96. The van der Waals surface area contributed by atoms with Gasteiger partial charge < -0.3 is 10.2 Å². The van der Waals surface area contributed by atoms with Crippen LogP contribution in [0.25, 0.3) is 0 Å². The molecule has 4 aliphatic carbocycles. The van der Waals surface area contributed by atoms with Crippen molar-refractivity contribution in [2.24, 2.45) is 23.7 Å². The minimum absolute atomic E-state index is 0.205. The van der Waals surface area contributed by atoms with Gasteiger partial charge in [0.1, 0.15) is 12.6 Å². The lowest BCUT2D eigenvalue weighted by Gasteiger charge is -2.57. The number of hydrogen-bond acceptors (Lipinski definition) is 4. The molecule has 234 valence electrons. The first-order valence-corrected chi connectivity index (χ1v) is 18.0. The maximum Gasteiger partial charge on any atom is 0.244 e. The molecule has 43 heavy (non-hydrogen) atoms. The molecule has 0 aliphatic heterocycles. The van der Waals surface area contributed by atoms with Gasteiger partial charge in [0, 0.05) is 13.1 Å². The molecule has 1 unspecified atom stereocenters. The van der Waals surface area contributed by atoms with Gasteiger partial charge in [-0.1, -0.05) is 63.2 Å². The number of anilines is 1. The van der Waals surface area contributed by atoms with Crippen LogP contribution in [-0.2, 0) is 31.4 Å². The number of rotatable bonds is 13. The van der Waals surface area contributed by atoms with E-state index in [-0.39, 0.29) is 29.7 Å². The summed E-state index contributed by atoms with van der Waals surface area (Å²) in [6.07, 6.45) is 9.97. The van der Waals surface area contributed by atoms with E-state index in [1.54, 1.807) is 4.90 Å². The summed E-state index contributed by atoms with van der Waals surface area (Å²) in [7, 11) is -3.76. The van der Waals surface area contributed by atoms with Crippen molar-refractivity contribution in [1.82, 2.24) is 10.2 Å². The molecule has 2 amide bonds. The molecule has 1 atom stereocenters. The van der Waals surface area contributed by atoms with E-state index < -0.39 is 16.1 Å². The Kier molecular flexibility index (Phi) is 9.55. The summed E-state index contributed by atoms with van der Waals surface area (Å²) in [5, 5.41) is 2.98. The molecule has 7 nitrogen and oxygen atoms in total. The third-order valence-corrected chi connectivity index (χ3v) is 11.2. The van der Waals surface area contributed by atoms with Crippen LogP contribution < -0.4 is 9.62 Å². The summed E-state index contributed by atoms with van der Waals surface area (Å²) < 4.78 is 27.4. The van der Waals surface area contributed by atoms with Crippen molar-refractivity contribution in [3.05, 3.63) is 65.7 Å². The quantitative estimate of drug-likeness (QED) is 0.324. The molecule has 0 heterocycles. The highest BCUT2D eigenvalue weighted by atomic mass is 32.2. The van der Waals surface area contributed by atoms with E-state index >= 15 is 0 Å². The Morgan fingerprint density at radius 1 is 0.930 bits per heavy atom. The third kappa shape index (κ3) is 7.27. The Morgan fingerprint density at radius 3 is 2.02 bits per heavy atom. The largest absolute Gasteiger partial charge is 0.354 e. The van der Waals surface area contributed by atoms with Crippen molar-refractivity contribution >= 4 is 27.5 Å². The van der Waals surface area contributed by atoms with Gasteiger partial charge in [0.05, 0.1) is 11.9 Å². The Hall–Kier alpha value is -2.87. The van der Waals surface area contributed by atoms with Crippen LogP contribution in [0.5, 0.6) is 0 Å². The van der Waals surface area contributed by atoms with Crippen molar-refractivity contribution in [3.63, 3.8) is 0 Å². The molecule has 0 spiro atoms. The minimum Gasteiger partial charge on any atom is -0.354 e. The minimum atomic E-state index is -3.76. The van der Waals surface area contributed by atoms with Gasteiger partial charge in [-0.2, -0.15) is 0 Å². The molecular weight excluding hydrogens is 558 g/mol. The second-order valence-corrected chi connectivity index (χ2v) is 15.8. The highest BCUT2D eigenvalue weighted by Gasteiger charge is 2.51. The fourth-order valence-electron chi connectivity index (χ4n) is 8.38. The standard InChI is InChI=1S/C35H49N3O4S/c1-5-32(34(40)36-23-25(2)3)37(16-15-26-9-7-6-8-10-26)33(39)24-38(43(4,41)42)31-13-11-30(12-14-31)35-20-27-17-28(21-35)19-29(18-27)22-35/h6-14,25,27-29,32H,5,15-24H2,1-4H3,(H,36,40). The normalized spacial score (nSPS) is 25.0. The summed E-state index contributed by atoms with van der Waals surface area (Å²) in [5.41, 5.74) is 3.07. The van der Waals surface area contributed by atoms with E-state index in [4.69, 9.17) is 0 Å². The second kappa shape index (κ2) is 13.0. The van der Waals surface area contributed by atoms with Crippen LogP contribution >= 0.6 is 0 Å². The van der Waals surface area contributed by atoms with E-state index in [1.807, 2.05) is 63.2 Å². The summed E-state index contributed by atoms with van der Waals surface area (Å²) >= 11 is 0. The molecule has 4 saturated carbocycles. The number of carbonyl (C=O) groups excluding carboxylic acids is 2. The predicted molar refractivity (Wildman–Crippen MR) is 172 cm³/mol. The SMILES string of the molecule is CCC(C(=O)NCC(C)C)N(CCc1ccccc1)C(=O)CN(c1ccc(C23CC4CC(CC(C4)C2)C3)cc1)S(C)(=O)=O. The van der Waals surface area contributed by atoms with Crippen molar-refractivity contribution in [1.29, 1.82) is 0 Å². The lowest BCUT2D eigenvalue weighted by molar-refractivity contribution is -0.139. The number of nitrogens with one attached hydrogen (secondary N) is 1. The average molecular weight is 608 g/mol. The molecule has 2 aromatic carbocycles. The predicted octanol–water partition coefficient (Wildman–Crippen LogP) is 5.54. The van der Waals surface area contributed by atoms with E-state index in [2.05, 4.69) is 17.4 Å². The highest BCUT2D eigenvalue weighted by molar-refractivity contribution is 7.92. The molecule has 0 saturated heterocycles. The number of amides is 2. The second-order valence-electron chi connectivity index (χ2n) is 13.9. The lowest BCUT2D eigenvalue weighted by atomic mass is 9.48. The Morgan fingerprint density at radius 2 is 1.51 bits per heavy atom. The molecule has 0 radical (unpaired) electrons. The topological polar surface area (TPSA) is 86.8 Å². The Labute approximate surface area is 258 Å². The zero-order chi connectivity index (χ0) is 30.8. The summed E-state index contributed by atoms with van der Waals surface area (Å²) in [5.74, 6) is 2.16. The molecule has 4 aliphatic rings. The number of benzene rings is 2. The van der Waals surface area contributed by atoms with E-state index in [0.29, 0.717) is 31.6 Å². The third-order valence-electron chi connectivity index (χ3n) is 10.0.